The van der Waals surface area contributed by atoms with Gasteiger partial charge < -0.3 is 0 Å². The van der Waals surface area contributed by atoms with Crippen molar-refractivity contribution in [2.24, 2.45) is 0 Å². The Morgan fingerprint density at radius 3 is 2.18 bits per heavy atom. The molecule has 1 unspecified atom stereocenters. The number of rotatable bonds is 8. The fraction of sp³-hybridized carbons (Fsp3) is 0.625. The largest absolute Gasteiger partial charge is 0.139 e. The highest BCUT2D eigenvalue weighted by atomic mass is 14.1. The van der Waals surface area contributed by atoms with Crippen molar-refractivity contribution in [3.05, 3.63) is 35.9 Å². The van der Waals surface area contributed by atoms with Gasteiger partial charge in [0.1, 0.15) is 6.71 Å². The van der Waals surface area contributed by atoms with Crippen molar-refractivity contribution in [1.29, 1.82) is 0 Å². The maximum Gasteiger partial charge on any atom is 0.139 e. The van der Waals surface area contributed by atoms with Crippen LogP contribution in [0.4, 0.5) is 0 Å². The molecule has 0 amide bonds. The molecule has 1 aromatic carbocycles. The Morgan fingerprint density at radius 2 is 1.65 bits per heavy atom. The van der Waals surface area contributed by atoms with E-state index in [1.54, 1.807) is 0 Å². The van der Waals surface area contributed by atoms with E-state index in [2.05, 4.69) is 51.1 Å². The lowest BCUT2D eigenvalue weighted by Gasteiger charge is -2.16. The van der Waals surface area contributed by atoms with Crippen LogP contribution in [0.2, 0.25) is 19.0 Å². The Balaban J connectivity index is 2.38. The zero-order valence-corrected chi connectivity index (χ0v) is 11.8. The summed E-state index contributed by atoms with van der Waals surface area (Å²) >= 11 is 0. The molecule has 0 aromatic heterocycles. The van der Waals surface area contributed by atoms with E-state index in [0.717, 1.165) is 12.6 Å². The number of benzene rings is 1. The standard InChI is InChI=1S/C16H27B/c1-4-15(16-11-8-7-9-12-16)13-10-14-17(5-2)6-3/h7-9,11-12,15H,4-6,10,13-14H2,1-3H3. The zero-order chi connectivity index (χ0) is 12.5. The minimum absolute atomic E-state index is 0.769. The molecule has 0 fully saturated rings. The van der Waals surface area contributed by atoms with Crippen molar-refractivity contribution >= 4 is 6.71 Å². The Bertz CT molecular complexity index is 277. The number of hydrogen-bond acceptors (Lipinski definition) is 0. The van der Waals surface area contributed by atoms with Crippen molar-refractivity contribution in [3.63, 3.8) is 0 Å². The molecule has 0 aliphatic carbocycles. The summed E-state index contributed by atoms with van der Waals surface area (Å²) in [4.78, 5) is 0. The first-order valence-electron chi connectivity index (χ1n) is 7.36. The Labute approximate surface area is 108 Å². The first-order chi connectivity index (χ1) is 8.31. The van der Waals surface area contributed by atoms with Crippen molar-refractivity contribution in [1.82, 2.24) is 0 Å². The molecule has 0 N–H and O–H groups in total. The molecule has 0 saturated heterocycles. The Kier molecular flexibility index (Phi) is 7.08. The monoisotopic (exact) mass is 230 g/mol. The smallest absolute Gasteiger partial charge is 0.0770 e. The van der Waals surface area contributed by atoms with Gasteiger partial charge in [-0.05, 0) is 24.3 Å². The molecular formula is C16H27B. The second-order valence-corrected chi connectivity index (χ2v) is 5.13. The van der Waals surface area contributed by atoms with Crippen LogP contribution in [0.3, 0.4) is 0 Å². The molecule has 17 heavy (non-hydrogen) atoms. The molecule has 0 radical (unpaired) electrons. The van der Waals surface area contributed by atoms with E-state index in [0.29, 0.717) is 0 Å². The van der Waals surface area contributed by atoms with Crippen LogP contribution in [-0.4, -0.2) is 6.71 Å². The Hall–Kier alpha value is -0.715. The molecule has 1 atom stereocenters. The first-order valence-corrected chi connectivity index (χ1v) is 7.36. The van der Waals surface area contributed by atoms with E-state index in [1.807, 2.05) is 0 Å². The molecule has 0 saturated carbocycles. The van der Waals surface area contributed by atoms with E-state index in [9.17, 15) is 0 Å². The lowest BCUT2D eigenvalue weighted by atomic mass is 9.43. The summed E-state index contributed by atoms with van der Waals surface area (Å²) in [7, 11) is 0. The van der Waals surface area contributed by atoms with Crippen LogP contribution in [0.15, 0.2) is 30.3 Å². The second-order valence-electron chi connectivity index (χ2n) is 5.13. The van der Waals surface area contributed by atoms with Gasteiger partial charge in [-0.25, -0.2) is 0 Å². The van der Waals surface area contributed by atoms with E-state index in [1.165, 1.54) is 43.8 Å². The molecule has 1 aromatic rings. The van der Waals surface area contributed by atoms with Crippen molar-refractivity contribution in [3.8, 4) is 0 Å². The van der Waals surface area contributed by atoms with E-state index in [-0.39, 0.29) is 0 Å². The third-order valence-corrected chi connectivity index (χ3v) is 4.08. The average Bonchev–Trinajstić information content (AvgIpc) is 2.40. The van der Waals surface area contributed by atoms with Gasteiger partial charge in [0, 0.05) is 0 Å². The van der Waals surface area contributed by atoms with Crippen LogP contribution in [0.1, 0.15) is 51.5 Å². The predicted octanol–water partition coefficient (Wildman–Crippen LogP) is 5.50. The number of hydrogen-bond donors (Lipinski definition) is 0. The van der Waals surface area contributed by atoms with Gasteiger partial charge in [0.25, 0.3) is 0 Å². The van der Waals surface area contributed by atoms with Crippen LogP contribution >= 0.6 is 0 Å². The Morgan fingerprint density at radius 1 is 1.00 bits per heavy atom. The molecule has 0 bridgehead atoms. The summed E-state index contributed by atoms with van der Waals surface area (Å²) < 4.78 is 0. The molecule has 94 valence electrons. The average molecular weight is 230 g/mol. The van der Waals surface area contributed by atoms with Crippen molar-refractivity contribution in [2.75, 3.05) is 0 Å². The fourth-order valence-electron chi connectivity index (χ4n) is 2.68. The van der Waals surface area contributed by atoms with Gasteiger partial charge in [-0.2, -0.15) is 0 Å². The van der Waals surface area contributed by atoms with Crippen molar-refractivity contribution < 1.29 is 0 Å². The normalized spacial score (nSPS) is 12.4. The van der Waals surface area contributed by atoms with Gasteiger partial charge >= 0.3 is 0 Å². The molecule has 0 nitrogen and oxygen atoms in total. The molecule has 0 heterocycles. The summed E-state index contributed by atoms with van der Waals surface area (Å²) in [6.07, 6.45) is 8.12. The van der Waals surface area contributed by atoms with Gasteiger partial charge in [-0.1, -0.05) is 76.5 Å². The fourth-order valence-corrected chi connectivity index (χ4v) is 2.68. The van der Waals surface area contributed by atoms with Crippen LogP contribution in [-0.2, 0) is 0 Å². The minimum atomic E-state index is 0.769. The molecule has 0 aliphatic heterocycles. The van der Waals surface area contributed by atoms with E-state index < -0.39 is 0 Å². The van der Waals surface area contributed by atoms with Gasteiger partial charge in [0.05, 0.1) is 0 Å². The summed E-state index contributed by atoms with van der Waals surface area (Å²) in [5.41, 5.74) is 1.53. The SMILES string of the molecule is CCB(CC)CCCC(CC)c1ccccc1. The topological polar surface area (TPSA) is 0 Å². The maximum atomic E-state index is 2.32. The lowest BCUT2D eigenvalue weighted by molar-refractivity contribution is 0.593. The first kappa shape index (κ1) is 14.3. The van der Waals surface area contributed by atoms with Crippen LogP contribution in [0.25, 0.3) is 0 Å². The van der Waals surface area contributed by atoms with Crippen LogP contribution in [0.5, 0.6) is 0 Å². The second kappa shape index (κ2) is 8.39. The lowest BCUT2D eigenvalue weighted by Crippen LogP contribution is -2.09. The van der Waals surface area contributed by atoms with Crippen LogP contribution in [0, 0.1) is 0 Å². The molecule has 0 spiro atoms. The highest BCUT2D eigenvalue weighted by molar-refractivity contribution is 6.58. The molecule has 0 aliphatic rings. The molecule has 1 rings (SSSR count). The van der Waals surface area contributed by atoms with Crippen LogP contribution < -0.4 is 0 Å². The third-order valence-electron chi connectivity index (χ3n) is 4.08. The highest BCUT2D eigenvalue weighted by Gasteiger charge is 2.11. The van der Waals surface area contributed by atoms with E-state index >= 15 is 0 Å². The maximum absolute atomic E-state index is 2.32. The summed E-state index contributed by atoms with van der Waals surface area (Å²) in [5.74, 6) is 0.769. The van der Waals surface area contributed by atoms with Gasteiger partial charge in [0.2, 0.25) is 0 Å². The summed E-state index contributed by atoms with van der Waals surface area (Å²) in [5, 5.41) is 0. The molecular weight excluding hydrogens is 203 g/mol. The third kappa shape index (κ3) is 4.98. The predicted molar refractivity (Wildman–Crippen MR) is 80.2 cm³/mol. The quantitative estimate of drug-likeness (QED) is 0.517. The summed E-state index contributed by atoms with van der Waals surface area (Å²) in [6, 6.07) is 11.0. The van der Waals surface area contributed by atoms with E-state index in [4.69, 9.17) is 0 Å². The highest BCUT2D eigenvalue weighted by Crippen LogP contribution is 2.26. The van der Waals surface area contributed by atoms with Gasteiger partial charge in [-0.3, -0.25) is 0 Å². The summed E-state index contributed by atoms with van der Waals surface area (Å²) in [6.45, 7) is 7.91. The molecule has 1 heteroatoms. The zero-order valence-electron chi connectivity index (χ0n) is 11.8. The van der Waals surface area contributed by atoms with Gasteiger partial charge in [-0.15, -0.1) is 0 Å². The van der Waals surface area contributed by atoms with Gasteiger partial charge in [0.15, 0.2) is 0 Å². The minimum Gasteiger partial charge on any atom is -0.0770 e. The van der Waals surface area contributed by atoms with Crippen molar-refractivity contribution in [2.45, 2.75) is 64.9 Å².